The van der Waals surface area contributed by atoms with Crippen LogP contribution in [-0.4, -0.2) is 24.0 Å². The molecule has 1 unspecified atom stereocenters. The molecule has 21 heavy (non-hydrogen) atoms. The number of hydrogen-bond donors (Lipinski definition) is 0. The molecule has 0 bridgehead atoms. The maximum Gasteiger partial charge on any atom is 0.310 e. The van der Waals surface area contributed by atoms with E-state index < -0.39 is 0 Å². The topological polar surface area (TPSA) is 29.5 Å². The van der Waals surface area contributed by atoms with Crippen molar-refractivity contribution < 1.29 is 9.53 Å². The summed E-state index contributed by atoms with van der Waals surface area (Å²) in [5, 5.41) is 0. The van der Waals surface area contributed by atoms with Gasteiger partial charge in [-0.2, -0.15) is 0 Å². The van der Waals surface area contributed by atoms with Crippen LogP contribution in [0.3, 0.4) is 0 Å². The van der Waals surface area contributed by atoms with Gasteiger partial charge < -0.3 is 9.64 Å². The van der Waals surface area contributed by atoms with Gasteiger partial charge in [-0.05, 0) is 44.6 Å². The fraction of sp³-hybridized carbons (Fsp3) is 0.611. The molecular weight excluding hydrogens is 262 g/mol. The van der Waals surface area contributed by atoms with Gasteiger partial charge in [0.25, 0.3) is 0 Å². The van der Waals surface area contributed by atoms with Crippen LogP contribution >= 0.6 is 0 Å². The third-order valence-corrected chi connectivity index (χ3v) is 4.87. The standard InChI is InChI=1S/C18H25NO2/c1-4-16(20)21-18-14-8-6-10-19-9-5-7-13(17(14)19)11-15(18)12(2)3/h15H,2,4-11H2,1,3H3. The lowest BCUT2D eigenvalue weighted by atomic mass is 9.77. The Morgan fingerprint density at radius 2 is 2.05 bits per heavy atom. The Morgan fingerprint density at radius 3 is 2.71 bits per heavy atom. The first-order valence-electron chi connectivity index (χ1n) is 8.18. The summed E-state index contributed by atoms with van der Waals surface area (Å²) in [6.45, 7) is 10.3. The molecule has 2 aliphatic heterocycles. The predicted octanol–water partition coefficient (Wildman–Crippen LogP) is 3.93. The highest BCUT2D eigenvalue weighted by Crippen LogP contribution is 2.46. The minimum atomic E-state index is -0.124. The van der Waals surface area contributed by atoms with Gasteiger partial charge in [0.15, 0.2) is 0 Å². The Bertz CT molecular complexity index is 541. The average molecular weight is 287 g/mol. The van der Waals surface area contributed by atoms with Gasteiger partial charge in [-0.1, -0.05) is 19.1 Å². The van der Waals surface area contributed by atoms with E-state index in [9.17, 15) is 4.79 Å². The minimum Gasteiger partial charge on any atom is -0.430 e. The van der Waals surface area contributed by atoms with E-state index in [4.69, 9.17) is 4.74 Å². The lowest BCUT2D eigenvalue weighted by molar-refractivity contribution is -0.140. The summed E-state index contributed by atoms with van der Waals surface area (Å²) in [5.41, 5.74) is 5.36. The molecule has 0 spiro atoms. The van der Waals surface area contributed by atoms with Crippen molar-refractivity contribution in [3.63, 3.8) is 0 Å². The van der Waals surface area contributed by atoms with E-state index in [1.807, 2.05) is 6.92 Å². The third-order valence-electron chi connectivity index (χ3n) is 4.87. The van der Waals surface area contributed by atoms with Gasteiger partial charge in [0, 0.05) is 36.7 Å². The highest BCUT2D eigenvalue weighted by atomic mass is 16.5. The number of carbonyl (C=O) groups is 1. The summed E-state index contributed by atoms with van der Waals surface area (Å²) in [6, 6.07) is 0. The number of nitrogens with zero attached hydrogens (tertiary/aromatic N) is 1. The average Bonchev–Trinajstić information content (AvgIpc) is 2.49. The van der Waals surface area contributed by atoms with Crippen molar-refractivity contribution >= 4 is 5.97 Å². The van der Waals surface area contributed by atoms with Crippen molar-refractivity contribution in [2.75, 3.05) is 13.1 Å². The summed E-state index contributed by atoms with van der Waals surface area (Å²) < 4.78 is 5.77. The molecule has 0 aromatic heterocycles. The Labute approximate surface area is 127 Å². The summed E-state index contributed by atoms with van der Waals surface area (Å²) in [6.07, 6.45) is 6.03. The molecule has 2 heterocycles. The SMILES string of the molecule is C=C(C)C1CC2=C3C(=C1OC(=O)CC)CCCN3CCC2. The summed E-state index contributed by atoms with van der Waals surface area (Å²) in [4.78, 5) is 14.4. The zero-order valence-corrected chi connectivity index (χ0v) is 13.2. The van der Waals surface area contributed by atoms with Gasteiger partial charge in [-0.25, -0.2) is 0 Å². The lowest BCUT2D eigenvalue weighted by Crippen LogP contribution is -2.38. The first kappa shape index (κ1) is 14.4. The minimum absolute atomic E-state index is 0.124. The molecule has 3 aliphatic rings. The van der Waals surface area contributed by atoms with E-state index in [-0.39, 0.29) is 11.9 Å². The van der Waals surface area contributed by atoms with Crippen LogP contribution in [0.5, 0.6) is 0 Å². The smallest absolute Gasteiger partial charge is 0.310 e. The molecule has 0 amide bonds. The number of esters is 1. The van der Waals surface area contributed by atoms with Crippen molar-refractivity contribution in [3.8, 4) is 0 Å². The highest BCUT2D eigenvalue weighted by molar-refractivity contribution is 5.71. The summed E-state index contributed by atoms with van der Waals surface area (Å²) >= 11 is 0. The molecule has 1 fully saturated rings. The first-order chi connectivity index (χ1) is 10.1. The number of piperidine rings is 1. The molecule has 114 valence electrons. The summed E-state index contributed by atoms with van der Waals surface area (Å²) in [5.74, 6) is 0.965. The van der Waals surface area contributed by atoms with E-state index in [1.165, 1.54) is 24.1 Å². The molecule has 0 saturated carbocycles. The Kier molecular flexibility index (Phi) is 3.92. The van der Waals surface area contributed by atoms with Gasteiger partial charge in [-0.3, -0.25) is 4.79 Å². The number of carbonyl (C=O) groups excluding carboxylic acids is 1. The number of hydrogen-bond acceptors (Lipinski definition) is 3. The number of allylic oxidation sites excluding steroid dienone is 3. The van der Waals surface area contributed by atoms with Crippen molar-refractivity contribution in [3.05, 3.63) is 34.8 Å². The van der Waals surface area contributed by atoms with Crippen molar-refractivity contribution in [2.45, 2.75) is 52.4 Å². The third kappa shape index (κ3) is 2.54. The van der Waals surface area contributed by atoms with Crippen LogP contribution in [0.15, 0.2) is 34.8 Å². The van der Waals surface area contributed by atoms with E-state index >= 15 is 0 Å². The molecule has 1 atom stereocenters. The van der Waals surface area contributed by atoms with Gasteiger partial charge in [-0.15, -0.1) is 0 Å². The van der Waals surface area contributed by atoms with Crippen molar-refractivity contribution in [1.82, 2.24) is 4.90 Å². The Hall–Kier alpha value is -1.51. The fourth-order valence-corrected chi connectivity index (χ4v) is 3.84. The van der Waals surface area contributed by atoms with Gasteiger partial charge in [0.1, 0.15) is 5.76 Å². The maximum atomic E-state index is 11.9. The Morgan fingerprint density at radius 1 is 1.33 bits per heavy atom. The predicted molar refractivity (Wildman–Crippen MR) is 83.4 cm³/mol. The van der Waals surface area contributed by atoms with Crippen molar-refractivity contribution in [1.29, 1.82) is 0 Å². The van der Waals surface area contributed by atoms with Crippen LogP contribution in [0.2, 0.25) is 0 Å². The molecule has 3 heteroatoms. The van der Waals surface area contributed by atoms with E-state index in [1.54, 1.807) is 5.57 Å². The molecule has 0 N–H and O–H groups in total. The number of rotatable bonds is 3. The van der Waals surface area contributed by atoms with Crippen LogP contribution in [-0.2, 0) is 9.53 Å². The molecule has 1 aliphatic carbocycles. The summed E-state index contributed by atoms with van der Waals surface area (Å²) in [7, 11) is 0. The van der Waals surface area contributed by atoms with Crippen LogP contribution in [0.4, 0.5) is 0 Å². The van der Waals surface area contributed by atoms with Gasteiger partial charge >= 0.3 is 5.97 Å². The van der Waals surface area contributed by atoms with E-state index in [2.05, 4.69) is 18.4 Å². The molecule has 3 nitrogen and oxygen atoms in total. The van der Waals surface area contributed by atoms with Crippen molar-refractivity contribution in [2.24, 2.45) is 5.92 Å². The van der Waals surface area contributed by atoms with E-state index in [0.29, 0.717) is 6.42 Å². The molecule has 0 aromatic carbocycles. The highest BCUT2D eigenvalue weighted by Gasteiger charge is 2.37. The quantitative estimate of drug-likeness (QED) is 0.582. The molecular formula is C18H25NO2. The second kappa shape index (κ2) is 5.70. The molecule has 1 saturated heterocycles. The van der Waals surface area contributed by atoms with Gasteiger partial charge in [0.05, 0.1) is 0 Å². The van der Waals surface area contributed by atoms with E-state index in [0.717, 1.165) is 43.7 Å². The van der Waals surface area contributed by atoms with Crippen LogP contribution < -0.4 is 0 Å². The van der Waals surface area contributed by atoms with Gasteiger partial charge in [0.2, 0.25) is 0 Å². The monoisotopic (exact) mass is 287 g/mol. The zero-order chi connectivity index (χ0) is 15.0. The largest absolute Gasteiger partial charge is 0.430 e. The van der Waals surface area contributed by atoms with Crippen LogP contribution in [0.1, 0.15) is 52.4 Å². The lowest BCUT2D eigenvalue weighted by Gasteiger charge is -2.43. The molecule has 0 radical (unpaired) electrons. The second-order valence-corrected chi connectivity index (χ2v) is 6.42. The zero-order valence-electron chi connectivity index (χ0n) is 13.2. The fourth-order valence-electron chi connectivity index (χ4n) is 3.84. The second-order valence-electron chi connectivity index (χ2n) is 6.42. The van der Waals surface area contributed by atoms with Crippen LogP contribution in [0, 0.1) is 5.92 Å². The number of ether oxygens (including phenoxy) is 1. The Balaban J connectivity index is 2.06. The first-order valence-corrected chi connectivity index (χ1v) is 8.18. The maximum absolute atomic E-state index is 11.9. The molecule has 3 rings (SSSR count). The van der Waals surface area contributed by atoms with Crippen LogP contribution in [0.25, 0.3) is 0 Å². The molecule has 0 aromatic rings. The normalized spacial score (nSPS) is 24.9.